The molecule has 0 aliphatic carbocycles. The van der Waals surface area contributed by atoms with Crippen molar-refractivity contribution in [2.75, 3.05) is 26.2 Å². The number of nitrogens with one attached hydrogen (secondary N) is 1. The van der Waals surface area contributed by atoms with Crippen LogP contribution in [0.25, 0.3) is 0 Å². The summed E-state index contributed by atoms with van der Waals surface area (Å²) in [6, 6.07) is 5.80. The zero-order valence-electron chi connectivity index (χ0n) is 13.1. The Bertz CT molecular complexity index is 649. The van der Waals surface area contributed by atoms with Gasteiger partial charge in [0, 0.05) is 37.9 Å². The third-order valence-electron chi connectivity index (χ3n) is 4.78. The maximum absolute atomic E-state index is 11.1. The van der Waals surface area contributed by atoms with Crippen LogP contribution in [-0.4, -0.2) is 52.9 Å². The number of amides is 1. The molecule has 2 aliphatic rings. The second-order valence-electron chi connectivity index (χ2n) is 6.40. The molecule has 2 fully saturated rings. The highest BCUT2D eigenvalue weighted by Gasteiger charge is 2.47. The maximum Gasteiger partial charge on any atom is 0.407 e. The minimum Gasteiger partial charge on any atom is -0.465 e. The molecule has 0 aromatic carbocycles. The minimum absolute atomic E-state index is 0.372. The van der Waals surface area contributed by atoms with Crippen LogP contribution in [0.15, 0.2) is 18.3 Å². The van der Waals surface area contributed by atoms with E-state index in [4.69, 9.17) is 9.84 Å². The van der Waals surface area contributed by atoms with Crippen molar-refractivity contribution in [2.45, 2.75) is 31.0 Å². The first-order chi connectivity index (χ1) is 11.0. The number of pyridine rings is 1. The molecule has 2 aliphatic heterocycles. The fourth-order valence-corrected chi connectivity index (χ4v) is 3.53. The van der Waals surface area contributed by atoms with Gasteiger partial charge in [-0.1, -0.05) is 6.07 Å². The molecule has 3 heterocycles. The quantitative estimate of drug-likeness (QED) is 0.810. The van der Waals surface area contributed by atoms with Crippen molar-refractivity contribution < 1.29 is 14.6 Å². The highest BCUT2D eigenvalue weighted by molar-refractivity contribution is 5.65. The Hall–Kier alpha value is -2.17. The van der Waals surface area contributed by atoms with Crippen molar-refractivity contribution in [3.05, 3.63) is 29.6 Å². The molecule has 1 amide bonds. The molecule has 7 nitrogen and oxygen atoms in total. The van der Waals surface area contributed by atoms with Crippen molar-refractivity contribution in [1.82, 2.24) is 15.2 Å². The van der Waals surface area contributed by atoms with Gasteiger partial charge in [0.25, 0.3) is 0 Å². The van der Waals surface area contributed by atoms with Crippen LogP contribution in [-0.2, 0) is 10.3 Å². The zero-order chi connectivity index (χ0) is 16.5. The summed E-state index contributed by atoms with van der Waals surface area (Å²) in [6.07, 6.45) is 2.00. The molecule has 0 saturated carbocycles. The molecule has 1 spiro atoms. The van der Waals surface area contributed by atoms with Crippen molar-refractivity contribution in [3.8, 4) is 6.07 Å². The molecular weight excluding hydrogens is 296 g/mol. The van der Waals surface area contributed by atoms with Crippen LogP contribution in [0.2, 0.25) is 0 Å². The lowest BCUT2D eigenvalue weighted by molar-refractivity contribution is -0.192. The molecular formula is C16H20N4O3. The van der Waals surface area contributed by atoms with Gasteiger partial charge in [0.1, 0.15) is 17.4 Å². The van der Waals surface area contributed by atoms with Crippen LogP contribution < -0.4 is 5.32 Å². The number of carbonyl (C=O) groups is 1. The van der Waals surface area contributed by atoms with Crippen molar-refractivity contribution in [1.29, 1.82) is 5.26 Å². The van der Waals surface area contributed by atoms with E-state index < -0.39 is 17.3 Å². The molecule has 2 saturated heterocycles. The Morgan fingerprint density at radius 1 is 1.48 bits per heavy atom. The third kappa shape index (κ3) is 2.87. The summed E-state index contributed by atoms with van der Waals surface area (Å²) in [5.41, 5.74) is 0.0939. The molecule has 0 bridgehead atoms. The van der Waals surface area contributed by atoms with Gasteiger partial charge in [-0.3, -0.25) is 0 Å². The number of hydrogen-bond donors (Lipinski definition) is 2. The van der Waals surface area contributed by atoms with Crippen LogP contribution in [0, 0.1) is 11.3 Å². The normalized spacial score (nSPS) is 26.7. The smallest absolute Gasteiger partial charge is 0.407 e. The Kier molecular flexibility index (Phi) is 3.96. The van der Waals surface area contributed by atoms with Crippen LogP contribution in [0.5, 0.6) is 0 Å². The van der Waals surface area contributed by atoms with Gasteiger partial charge in [0.05, 0.1) is 5.60 Å². The monoisotopic (exact) mass is 316 g/mol. The van der Waals surface area contributed by atoms with E-state index in [0.29, 0.717) is 44.7 Å². The number of rotatable bonds is 1. The maximum atomic E-state index is 11.1. The van der Waals surface area contributed by atoms with Crippen LogP contribution in [0.4, 0.5) is 4.79 Å². The van der Waals surface area contributed by atoms with Crippen LogP contribution in [0.3, 0.4) is 0 Å². The van der Waals surface area contributed by atoms with Gasteiger partial charge in [-0.2, -0.15) is 5.26 Å². The predicted octanol–water partition coefficient (Wildman–Crippen LogP) is 1.30. The van der Waals surface area contributed by atoms with Gasteiger partial charge in [0.15, 0.2) is 0 Å². The van der Waals surface area contributed by atoms with Gasteiger partial charge in [0.2, 0.25) is 0 Å². The highest BCUT2D eigenvalue weighted by atomic mass is 16.5. The summed E-state index contributed by atoms with van der Waals surface area (Å²) in [4.78, 5) is 16.6. The lowest BCUT2D eigenvalue weighted by Crippen LogP contribution is -2.61. The standard InChI is InChI=1S/C16H20N4O3/c1-15(12-3-2-6-19-13(12)9-17)10-18-11-16(23-15)4-7-20(8-5-16)14(21)22/h2-3,6,18H,4-5,7-8,10-11H2,1H3,(H,21,22). The molecule has 23 heavy (non-hydrogen) atoms. The first kappa shape index (κ1) is 15.7. The van der Waals surface area contributed by atoms with E-state index in [0.717, 1.165) is 5.56 Å². The van der Waals surface area contributed by atoms with Crippen LogP contribution >= 0.6 is 0 Å². The summed E-state index contributed by atoms with van der Waals surface area (Å²) < 4.78 is 6.49. The fourth-order valence-electron chi connectivity index (χ4n) is 3.53. The highest BCUT2D eigenvalue weighted by Crippen LogP contribution is 2.39. The minimum atomic E-state index is -0.884. The number of ether oxygens (including phenoxy) is 1. The number of nitrogens with zero attached hydrogens (tertiary/aromatic N) is 3. The molecule has 2 N–H and O–H groups in total. The van der Waals surface area contributed by atoms with Gasteiger partial charge in [-0.25, -0.2) is 9.78 Å². The summed E-state index contributed by atoms with van der Waals surface area (Å²) >= 11 is 0. The van der Waals surface area contributed by atoms with E-state index in [1.807, 2.05) is 13.0 Å². The number of likely N-dealkylation sites (tertiary alicyclic amines) is 1. The van der Waals surface area contributed by atoms with Crippen molar-refractivity contribution in [2.24, 2.45) is 0 Å². The number of piperidine rings is 1. The molecule has 1 atom stereocenters. The van der Waals surface area contributed by atoms with Crippen LogP contribution in [0.1, 0.15) is 31.0 Å². The summed E-state index contributed by atoms with van der Waals surface area (Å²) in [5.74, 6) is 0. The lowest BCUT2D eigenvalue weighted by atomic mass is 9.84. The van der Waals surface area contributed by atoms with Gasteiger partial charge in [-0.15, -0.1) is 0 Å². The number of nitriles is 1. The zero-order valence-corrected chi connectivity index (χ0v) is 13.1. The Labute approximate surface area is 134 Å². The van der Waals surface area contributed by atoms with Gasteiger partial charge < -0.3 is 20.1 Å². The number of carboxylic acid groups (broad SMARTS) is 1. The Balaban J connectivity index is 1.83. The number of morpholine rings is 1. The average molecular weight is 316 g/mol. The van der Waals surface area contributed by atoms with E-state index in [2.05, 4.69) is 16.4 Å². The molecule has 1 unspecified atom stereocenters. The summed E-state index contributed by atoms with van der Waals surface area (Å²) in [7, 11) is 0. The van der Waals surface area contributed by atoms with Gasteiger partial charge >= 0.3 is 6.09 Å². The number of aromatic nitrogens is 1. The Morgan fingerprint density at radius 3 is 2.87 bits per heavy atom. The molecule has 1 aromatic rings. The fraction of sp³-hybridized carbons (Fsp3) is 0.562. The van der Waals surface area contributed by atoms with E-state index in [1.165, 1.54) is 4.90 Å². The third-order valence-corrected chi connectivity index (χ3v) is 4.78. The molecule has 1 aromatic heterocycles. The lowest BCUT2D eigenvalue weighted by Gasteiger charge is -2.50. The number of hydrogen-bond acceptors (Lipinski definition) is 5. The summed E-state index contributed by atoms with van der Waals surface area (Å²) in [5, 5.41) is 21.8. The van der Waals surface area contributed by atoms with Gasteiger partial charge in [-0.05, 0) is 25.8 Å². The molecule has 122 valence electrons. The average Bonchev–Trinajstić information content (AvgIpc) is 2.55. The predicted molar refractivity (Wildman–Crippen MR) is 81.8 cm³/mol. The topological polar surface area (TPSA) is 98.5 Å². The first-order valence-corrected chi connectivity index (χ1v) is 7.72. The molecule has 7 heteroatoms. The van der Waals surface area contributed by atoms with Crippen molar-refractivity contribution in [3.63, 3.8) is 0 Å². The largest absolute Gasteiger partial charge is 0.465 e. The van der Waals surface area contributed by atoms with E-state index in [-0.39, 0.29) is 0 Å². The van der Waals surface area contributed by atoms with E-state index in [1.54, 1.807) is 12.3 Å². The Morgan fingerprint density at radius 2 is 2.22 bits per heavy atom. The molecule has 3 rings (SSSR count). The van der Waals surface area contributed by atoms with E-state index >= 15 is 0 Å². The SMILES string of the molecule is CC1(c2cccnc2C#N)CNCC2(CCN(C(=O)O)CC2)O1. The summed E-state index contributed by atoms with van der Waals surface area (Å²) in [6.45, 7) is 4.18. The van der Waals surface area contributed by atoms with Crippen molar-refractivity contribution >= 4 is 6.09 Å². The second-order valence-corrected chi connectivity index (χ2v) is 6.40. The van der Waals surface area contributed by atoms with E-state index in [9.17, 15) is 10.1 Å². The second kappa shape index (κ2) is 5.80. The first-order valence-electron chi connectivity index (χ1n) is 7.72. The molecule has 0 radical (unpaired) electrons.